The lowest BCUT2D eigenvalue weighted by Crippen LogP contribution is -2.32. The Morgan fingerprint density at radius 2 is 1.95 bits per heavy atom. The quantitative estimate of drug-likeness (QED) is 0.432. The van der Waals surface area contributed by atoms with Crippen LogP contribution in [-0.2, 0) is 4.18 Å². The van der Waals surface area contributed by atoms with Crippen LogP contribution < -0.4 is 0 Å². The van der Waals surface area contributed by atoms with Gasteiger partial charge in [-0.05, 0) is 42.7 Å². The van der Waals surface area contributed by atoms with E-state index in [2.05, 4.69) is 20.8 Å². The third-order valence-corrected chi connectivity index (χ3v) is 5.08. The summed E-state index contributed by atoms with van der Waals surface area (Å²) in [6, 6.07) is 6.54. The topological polar surface area (TPSA) is 52.4 Å². The highest BCUT2D eigenvalue weighted by atomic mass is 32.2. The zero-order chi connectivity index (χ0) is 15.4. The third kappa shape index (κ3) is 4.45. The molecule has 1 fully saturated rings. The summed E-state index contributed by atoms with van der Waals surface area (Å²) < 4.78 is 6.06. The Morgan fingerprint density at radius 3 is 2.52 bits per heavy atom. The minimum Gasteiger partial charge on any atom is -0.307 e. The number of hydrogen-bond donors (Lipinski definition) is 0. The van der Waals surface area contributed by atoms with Gasteiger partial charge < -0.3 is 4.18 Å². The summed E-state index contributed by atoms with van der Waals surface area (Å²) >= 11 is 1.35. The molecule has 0 aromatic heterocycles. The van der Waals surface area contributed by atoms with Gasteiger partial charge in [-0.25, -0.2) is 0 Å². The maximum atomic E-state index is 10.6. The SMILES string of the molecule is CC1CCC(C(C)C)C(OSc2ccc([N+](=O)[O-])cc2)C1. The Hall–Kier alpha value is -1.07. The second-order valence-electron chi connectivity index (χ2n) is 6.30. The zero-order valence-electron chi connectivity index (χ0n) is 12.8. The van der Waals surface area contributed by atoms with Crippen molar-refractivity contribution < 1.29 is 9.11 Å². The molecule has 2 rings (SSSR count). The minimum absolute atomic E-state index is 0.116. The Balaban J connectivity index is 1.95. The molecular weight excluding hydrogens is 286 g/mol. The van der Waals surface area contributed by atoms with Crippen molar-refractivity contribution >= 4 is 17.7 Å². The van der Waals surface area contributed by atoms with Crippen LogP contribution in [0.15, 0.2) is 29.2 Å². The molecule has 0 saturated heterocycles. The number of hydrogen-bond acceptors (Lipinski definition) is 4. The number of nitro benzene ring substituents is 1. The van der Waals surface area contributed by atoms with Gasteiger partial charge in [0.1, 0.15) is 0 Å². The predicted molar refractivity (Wildman–Crippen MR) is 85.2 cm³/mol. The van der Waals surface area contributed by atoms with E-state index < -0.39 is 0 Å². The van der Waals surface area contributed by atoms with Crippen molar-refractivity contribution in [2.24, 2.45) is 17.8 Å². The summed E-state index contributed by atoms with van der Waals surface area (Å²) in [5.74, 6) is 1.94. The van der Waals surface area contributed by atoms with Crippen molar-refractivity contribution in [3.8, 4) is 0 Å². The first-order chi connectivity index (χ1) is 9.97. The summed E-state index contributed by atoms with van der Waals surface area (Å²) in [5.41, 5.74) is 0.116. The van der Waals surface area contributed by atoms with E-state index in [4.69, 9.17) is 4.18 Å². The van der Waals surface area contributed by atoms with Gasteiger partial charge in [-0.1, -0.05) is 27.2 Å². The van der Waals surface area contributed by atoms with Gasteiger partial charge in [0.15, 0.2) is 0 Å². The van der Waals surface area contributed by atoms with E-state index in [9.17, 15) is 10.1 Å². The molecule has 0 spiro atoms. The Bertz CT molecular complexity index is 475. The second kappa shape index (κ2) is 7.27. The lowest BCUT2D eigenvalue weighted by Gasteiger charge is -2.36. The molecule has 1 aliphatic carbocycles. The van der Waals surface area contributed by atoms with Crippen LogP contribution in [0.3, 0.4) is 0 Å². The van der Waals surface area contributed by atoms with Gasteiger partial charge in [0.05, 0.1) is 11.0 Å². The van der Waals surface area contributed by atoms with Crippen LogP contribution >= 0.6 is 12.0 Å². The molecule has 0 amide bonds. The lowest BCUT2D eigenvalue weighted by molar-refractivity contribution is -0.384. The third-order valence-electron chi connectivity index (χ3n) is 4.28. The first-order valence-corrected chi connectivity index (χ1v) is 8.29. The fourth-order valence-corrected chi connectivity index (χ4v) is 3.67. The van der Waals surface area contributed by atoms with Gasteiger partial charge in [0.2, 0.25) is 0 Å². The zero-order valence-corrected chi connectivity index (χ0v) is 13.6. The largest absolute Gasteiger partial charge is 0.307 e. The van der Waals surface area contributed by atoms with Gasteiger partial charge in [-0.3, -0.25) is 10.1 Å². The molecule has 1 aromatic carbocycles. The van der Waals surface area contributed by atoms with Gasteiger partial charge in [0.25, 0.3) is 5.69 Å². The Morgan fingerprint density at radius 1 is 1.29 bits per heavy atom. The monoisotopic (exact) mass is 309 g/mol. The standard InChI is InChI=1S/C16H23NO3S/c1-11(2)15-9-4-12(3)10-16(15)20-21-14-7-5-13(6-8-14)17(18)19/h5-8,11-12,15-16H,4,9-10H2,1-3H3. The molecule has 0 radical (unpaired) electrons. The lowest BCUT2D eigenvalue weighted by atomic mass is 9.75. The molecule has 0 bridgehead atoms. The van der Waals surface area contributed by atoms with Crippen molar-refractivity contribution in [1.29, 1.82) is 0 Å². The van der Waals surface area contributed by atoms with Crippen LogP contribution in [0, 0.1) is 27.9 Å². The van der Waals surface area contributed by atoms with Gasteiger partial charge in [-0.2, -0.15) is 0 Å². The van der Waals surface area contributed by atoms with Crippen molar-refractivity contribution in [2.75, 3.05) is 0 Å². The van der Waals surface area contributed by atoms with Crippen LogP contribution in [0.1, 0.15) is 40.0 Å². The molecule has 116 valence electrons. The van der Waals surface area contributed by atoms with Crippen molar-refractivity contribution in [2.45, 2.75) is 51.0 Å². The average molecular weight is 309 g/mol. The highest BCUT2D eigenvalue weighted by Crippen LogP contribution is 2.38. The molecule has 1 aromatic rings. The molecule has 3 atom stereocenters. The summed E-state index contributed by atoms with van der Waals surface area (Å²) in [4.78, 5) is 11.2. The maximum Gasteiger partial charge on any atom is 0.269 e. The fraction of sp³-hybridized carbons (Fsp3) is 0.625. The normalized spacial score (nSPS) is 26.0. The average Bonchev–Trinajstić information content (AvgIpc) is 2.45. The van der Waals surface area contributed by atoms with Crippen molar-refractivity contribution in [3.05, 3.63) is 34.4 Å². The maximum absolute atomic E-state index is 10.6. The molecule has 1 saturated carbocycles. The molecule has 0 aliphatic heterocycles. The van der Waals surface area contributed by atoms with Crippen LogP contribution in [0.4, 0.5) is 5.69 Å². The number of rotatable bonds is 5. The summed E-state index contributed by atoms with van der Waals surface area (Å²) in [6.07, 6.45) is 3.88. The summed E-state index contributed by atoms with van der Waals surface area (Å²) in [6.45, 7) is 6.80. The molecule has 3 unspecified atom stereocenters. The van der Waals surface area contributed by atoms with E-state index in [0.717, 1.165) is 11.3 Å². The highest BCUT2D eigenvalue weighted by molar-refractivity contribution is 7.94. The van der Waals surface area contributed by atoms with E-state index in [1.807, 2.05) is 0 Å². The van der Waals surface area contributed by atoms with Gasteiger partial charge in [0, 0.05) is 29.1 Å². The molecule has 0 N–H and O–H groups in total. The predicted octanol–water partition coefficient (Wildman–Crippen LogP) is 5.08. The molecule has 1 aliphatic rings. The molecular formula is C16H23NO3S. The smallest absolute Gasteiger partial charge is 0.269 e. The van der Waals surface area contributed by atoms with Crippen LogP contribution in [-0.4, -0.2) is 11.0 Å². The number of benzene rings is 1. The van der Waals surface area contributed by atoms with E-state index in [-0.39, 0.29) is 16.7 Å². The minimum atomic E-state index is -0.382. The van der Waals surface area contributed by atoms with Gasteiger partial charge >= 0.3 is 0 Å². The molecule has 21 heavy (non-hydrogen) atoms. The number of non-ortho nitro benzene ring substituents is 1. The van der Waals surface area contributed by atoms with Gasteiger partial charge in [-0.15, -0.1) is 0 Å². The number of nitro groups is 1. The Labute approximate surface area is 130 Å². The summed E-state index contributed by atoms with van der Waals surface area (Å²) in [7, 11) is 0. The molecule has 4 nitrogen and oxygen atoms in total. The van der Waals surface area contributed by atoms with E-state index >= 15 is 0 Å². The van der Waals surface area contributed by atoms with Crippen LogP contribution in [0.5, 0.6) is 0 Å². The summed E-state index contributed by atoms with van der Waals surface area (Å²) in [5, 5.41) is 10.6. The van der Waals surface area contributed by atoms with E-state index in [0.29, 0.717) is 17.8 Å². The highest BCUT2D eigenvalue weighted by Gasteiger charge is 2.31. The van der Waals surface area contributed by atoms with Crippen LogP contribution in [0.25, 0.3) is 0 Å². The van der Waals surface area contributed by atoms with E-state index in [1.54, 1.807) is 12.1 Å². The first-order valence-electron chi connectivity index (χ1n) is 7.55. The van der Waals surface area contributed by atoms with Crippen molar-refractivity contribution in [1.82, 2.24) is 0 Å². The Kier molecular flexibility index (Phi) is 5.65. The fourth-order valence-electron chi connectivity index (χ4n) is 2.97. The molecule has 5 heteroatoms. The number of nitrogens with zero attached hydrogens (tertiary/aromatic N) is 1. The molecule has 0 heterocycles. The second-order valence-corrected chi connectivity index (χ2v) is 7.13. The van der Waals surface area contributed by atoms with Crippen LogP contribution in [0.2, 0.25) is 0 Å². The van der Waals surface area contributed by atoms with Crippen molar-refractivity contribution in [3.63, 3.8) is 0 Å². The van der Waals surface area contributed by atoms with E-state index in [1.165, 1.54) is 37.0 Å². The first kappa shape index (κ1) is 16.3.